The van der Waals surface area contributed by atoms with Crippen molar-refractivity contribution >= 4 is 28.4 Å². The summed E-state index contributed by atoms with van der Waals surface area (Å²) >= 11 is 0. The van der Waals surface area contributed by atoms with E-state index in [-0.39, 0.29) is 5.82 Å². The van der Waals surface area contributed by atoms with Crippen LogP contribution in [0.1, 0.15) is 5.56 Å². The first-order chi connectivity index (χ1) is 12.8. The van der Waals surface area contributed by atoms with Crippen molar-refractivity contribution in [1.82, 2.24) is 9.97 Å². The minimum Gasteiger partial charge on any atom is -0.365 e. The average molecular weight is 344 g/mol. The van der Waals surface area contributed by atoms with Gasteiger partial charge in [0.05, 0.1) is 5.52 Å². The molecule has 0 atom stereocenters. The molecule has 4 nitrogen and oxygen atoms in total. The van der Waals surface area contributed by atoms with Gasteiger partial charge in [0, 0.05) is 17.6 Å². The molecule has 1 aromatic heterocycles. The first kappa shape index (κ1) is 16.0. The lowest BCUT2D eigenvalue weighted by Crippen LogP contribution is -2.05. The number of halogens is 1. The second-order valence-corrected chi connectivity index (χ2v) is 5.88. The Morgan fingerprint density at radius 3 is 2.31 bits per heavy atom. The summed E-state index contributed by atoms with van der Waals surface area (Å²) in [5.41, 5.74) is 2.75. The molecular weight excluding hydrogens is 327 g/mol. The molecule has 128 valence electrons. The maximum atomic E-state index is 13.1. The Labute approximate surface area is 150 Å². The van der Waals surface area contributed by atoms with Crippen molar-refractivity contribution in [2.75, 3.05) is 10.6 Å². The number of anilines is 3. The van der Waals surface area contributed by atoms with Crippen LogP contribution in [0.2, 0.25) is 0 Å². The van der Waals surface area contributed by atoms with Gasteiger partial charge in [-0.05, 0) is 42.0 Å². The zero-order valence-corrected chi connectivity index (χ0v) is 14.0. The van der Waals surface area contributed by atoms with Crippen molar-refractivity contribution in [3.05, 3.63) is 90.2 Å². The number of aromatic nitrogens is 2. The Balaban J connectivity index is 1.64. The highest BCUT2D eigenvalue weighted by molar-refractivity contribution is 5.90. The highest BCUT2D eigenvalue weighted by atomic mass is 19.1. The van der Waals surface area contributed by atoms with Crippen LogP contribution in [0.15, 0.2) is 78.9 Å². The van der Waals surface area contributed by atoms with Gasteiger partial charge in [-0.15, -0.1) is 0 Å². The van der Waals surface area contributed by atoms with Gasteiger partial charge in [-0.2, -0.15) is 4.98 Å². The molecule has 1 heterocycles. The van der Waals surface area contributed by atoms with Crippen LogP contribution in [0, 0.1) is 5.82 Å². The number of hydrogen-bond acceptors (Lipinski definition) is 4. The van der Waals surface area contributed by atoms with Crippen molar-refractivity contribution in [2.45, 2.75) is 6.54 Å². The molecule has 0 aliphatic rings. The highest BCUT2D eigenvalue weighted by Crippen LogP contribution is 2.24. The molecule has 0 aliphatic carbocycles. The third-order valence-electron chi connectivity index (χ3n) is 4.01. The molecule has 0 bridgehead atoms. The molecular formula is C21H17FN4. The molecule has 0 saturated carbocycles. The van der Waals surface area contributed by atoms with Gasteiger partial charge in [0.1, 0.15) is 11.6 Å². The number of rotatable bonds is 5. The predicted molar refractivity (Wildman–Crippen MR) is 103 cm³/mol. The summed E-state index contributed by atoms with van der Waals surface area (Å²) in [4.78, 5) is 9.21. The molecule has 4 aromatic rings. The summed E-state index contributed by atoms with van der Waals surface area (Å²) < 4.78 is 13.1. The average Bonchev–Trinajstić information content (AvgIpc) is 2.68. The number of fused-ring (bicyclic) bond motifs is 1. The van der Waals surface area contributed by atoms with Gasteiger partial charge >= 0.3 is 0 Å². The van der Waals surface area contributed by atoms with Crippen LogP contribution < -0.4 is 10.6 Å². The monoisotopic (exact) mass is 344 g/mol. The van der Waals surface area contributed by atoms with Gasteiger partial charge in [-0.3, -0.25) is 0 Å². The van der Waals surface area contributed by atoms with Gasteiger partial charge < -0.3 is 10.6 Å². The largest absolute Gasteiger partial charge is 0.365 e. The van der Waals surface area contributed by atoms with Crippen LogP contribution in [0.3, 0.4) is 0 Å². The summed E-state index contributed by atoms with van der Waals surface area (Å²) in [6.45, 7) is 0.548. The fourth-order valence-corrected chi connectivity index (χ4v) is 2.71. The third kappa shape index (κ3) is 3.62. The van der Waals surface area contributed by atoms with Gasteiger partial charge in [0.25, 0.3) is 0 Å². The quantitative estimate of drug-likeness (QED) is 0.527. The maximum absolute atomic E-state index is 13.1. The molecule has 0 spiro atoms. The maximum Gasteiger partial charge on any atom is 0.229 e. The molecule has 0 saturated heterocycles. The van der Waals surface area contributed by atoms with Crippen LogP contribution in [-0.2, 0) is 6.54 Å². The fraction of sp³-hybridized carbons (Fsp3) is 0.0476. The van der Waals surface area contributed by atoms with E-state index < -0.39 is 0 Å². The van der Waals surface area contributed by atoms with E-state index in [9.17, 15) is 4.39 Å². The first-order valence-corrected chi connectivity index (χ1v) is 8.35. The zero-order valence-electron chi connectivity index (χ0n) is 14.0. The van der Waals surface area contributed by atoms with Gasteiger partial charge in [0.2, 0.25) is 5.95 Å². The molecule has 26 heavy (non-hydrogen) atoms. The summed E-state index contributed by atoms with van der Waals surface area (Å²) in [6.07, 6.45) is 0. The Hall–Kier alpha value is -3.47. The van der Waals surface area contributed by atoms with Crippen molar-refractivity contribution in [1.29, 1.82) is 0 Å². The minimum atomic E-state index is -0.240. The van der Waals surface area contributed by atoms with E-state index in [0.717, 1.165) is 28.0 Å². The number of nitrogens with zero attached hydrogens (tertiary/aromatic N) is 2. The molecule has 0 unspecified atom stereocenters. The fourth-order valence-electron chi connectivity index (χ4n) is 2.71. The standard InChI is InChI=1S/C21H17FN4/c22-16-12-10-15(11-13-16)14-23-20-18-8-4-5-9-19(18)25-21(26-20)24-17-6-2-1-3-7-17/h1-13H,14H2,(H2,23,24,25,26). The number of benzene rings is 3. The summed E-state index contributed by atoms with van der Waals surface area (Å²) in [5.74, 6) is 1.02. The summed E-state index contributed by atoms with van der Waals surface area (Å²) in [5, 5.41) is 7.50. The van der Waals surface area contributed by atoms with Crippen molar-refractivity contribution in [2.24, 2.45) is 0 Å². The van der Waals surface area contributed by atoms with E-state index in [4.69, 9.17) is 0 Å². The Bertz CT molecular complexity index is 1020. The molecule has 0 amide bonds. The Kier molecular flexibility index (Phi) is 4.43. The van der Waals surface area contributed by atoms with E-state index in [2.05, 4.69) is 20.6 Å². The Morgan fingerprint density at radius 1 is 0.769 bits per heavy atom. The molecule has 3 aromatic carbocycles. The lowest BCUT2D eigenvalue weighted by molar-refractivity contribution is 0.627. The SMILES string of the molecule is Fc1ccc(CNc2nc(Nc3ccccc3)nc3ccccc23)cc1. The zero-order chi connectivity index (χ0) is 17.8. The van der Waals surface area contributed by atoms with Crippen molar-refractivity contribution in [3.63, 3.8) is 0 Å². The van der Waals surface area contributed by atoms with Crippen molar-refractivity contribution in [3.8, 4) is 0 Å². The summed E-state index contributed by atoms with van der Waals surface area (Å²) in [7, 11) is 0. The topological polar surface area (TPSA) is 49.8 Å². The molecule has 4 rings (SSSR count). The van der Waals surface area contributed by atoms with E-state index in [1.807, 2.05) is 54.6 Å². The third-order valence-corrected chi connectivity index (χ3v) is 4.01. The van der Waals surface area contributed by atoms with Crippen LogP contribution in [0.25, 0.3) is 10.9 Å². The lowest BCUT2D eigenvalue weighted by Gasteiger charge is -2.12. The number of nitrogens with one attached hydrogen (secondary N) is 2. The van der Waals surface area contributed by atoms with E-state index in [1.165, 1.54) is 12.1 Å². The number of hydrogen-bond donors (Lipinski definition) is 2. The van der Waals surface area contributed by atoms with Crippen LogP contribution >= 0.6 is 0 Å². The van der Waals surface area contributed by atoms with E-state index >= 15 is 0 Å². The highest BCUT2D eigenvalue weighted by Gasteiger charge is 2.08. The van der Waals surface area contributed by atoms with E-state index in [0.29, 0.717) is 12.5 Å². The second kappa shape index (κ2) is 7.19. The molecule has 0 aliphatic heterocycles. The van der Waals surface area contributed by atoms with Gasteiger partial charge in [0.15, 0.2) is 0 Å². The molecule has 0 radical (unpaired) electrons. The molecule has 5 heteroatoms. The van der Waals surface area contributed by atoms with Crippen molar-refractivity contribution < 1.29 is 4.39 Å². The first-order valence-electron chi connectivity index (χ1n) is 8.35. The lowest BCUT2D eigenvalue weighted by atomic mass is 10.2. The predicted octanol–water partition coefficient (Wildman–Crippen LogP) is 5.12. The normalized spacial score (nSPS) is 10.7. The Morgan fingerprint density at radius 2 is 1.50 bits per heavy atom. The summed E-state index contributed by atoms with van der Waals surface area (Å²) in [6, 6.07) is 24.1. The minimum absolute atomic E-state index is 0.240. The van der Waals surface area contributed by atoms with Gasteiger partial charge in [-0.25, -0.2) is 9.37 Å². The van der Waals surface area contributed by atoms with Crippen LogP contribution in [-0.4, -0.2) is 9.97 Å². The van der Waals surface area contributed by atoms with Crippen LogP contribution in [0.4, 0.5) is 21.8 Å². The smallest absolute Gasteiger partial charge is 0.229 e. The second-order valence-electron chi connectivity index (χ2n) is 5.88. The van der Waals surface area contributed by atoms with Gasteiger partial charge in [-0.1, -0.05) is 42.5 Å². The number of para-hydroxylation sites is 2. The molecule has 2 N–H and O–H groups in total. The molecule has 0 fully saturated rings. The van der Waals surface area contributed by atoms with E-state index in [1.54, 1.807) is 12.1 Å². The van der Waals surface area contributed by atoms with Crippen LogP contribution in [0.5, 0.6) is 0 Å².